The Morgan fingerprint density at radius 1 is 1.06 bits per heavy atom. The highest BCUT2D eigenvalue weighted by Crippen LogP contribution is 2.41. The van der Waals surface area contributed by atoms with E-state index in [0.29, 0.717) is 15.8 Å². The molecule has 1 atom stereocenters. The summed E-state index contributed by atoms with van der Waals surface area (Å²) in [5.41, 5.74) is 0.0901. The molecule has 2 aromatic carbocycles. The smallest absolute Gasteiger partial charge is 0.484 e. The fraction of sp³-hybridized carbons (Fsp3) is 0.300. The summed E-state index contributed by atoms with van der Waals surface area (Å²) in [5.74, 6) is -1.05. The number of nitrogens with one attached hydrogen (secondary N) is 2. The molecule has 0 radical (unpaired) electrons. The van der Waals surface area contributed by atoms with Crippen LogP contribution in [-0.4, -0.2) is 49.0 Å². The highest BCUT2D eigenvalue weighted by atomic mass is 35.5. The van der Waals surface area contributed by atoms with Gasteiger partial charge in [0, 0.05) is 24.7 Å². The van der Waals surface area contributed by atoms with E-state index in [9.17, 15) is 23.5 Å². The molecule has 2 amide bonds. The van der Waals surface area contributed by atoms with Crippen LogP contribution in [0.25, 0.3) is 0 Å². The second kappa shape index (κ2) is 10.2. The lowest BCUT2D eigenvalue weighted by atomic mass is 10.2. The van der Waals surface area contributed by atoms with Gasteiger partial charge in [0.2, 0.25) is 0 Å². The molecule has 0 fully saturated rings. The Balaban J connectivity index is 1.34. The summed E-state index contributed by atoms with van der Waals surface area (Å²) in [4.78, 5) is 24.0. The number of aliphatic hydroxyl groups excluding tert-OH is 1. The molecule has 0 aliphatic carbocycles. The standard InChI is InChI=1S/C20H18Cl2F2N2O6/c21-14-3-2-13(8-15(14)22)30-10-18(28)26-9-12(27)5-6-25-19(29)11-1-4-16-17(7-11)32-20(23,24)31-16/h1-4,7-8,12,27H,5-6,9-10H2,(H,25,29)(H,26,28)/t12-/m0/s1. The lowest BCUT2D eigenvalue weighted by Gasteiger charge is -2.13. The van der Waals surface area contributed by atoms with Crippen molar-refractivity contribution < 1.29 is 37.7 Å². The molecule has 32 heavy (non-hydrogen) atoms. The third-order valence-electron chi connectivity index (χ3n) is 4.22. The summed E-state index contributed by atoms with van der Waals surface area (Å²) >= 11 is 11.7. The molecule has 3 rings (SSSR count). The van der Waals surface area contributed by atoms with Gasteiger partial charge in [-0.2, -0.15) is 0 Å². The van der Waals surface area contributed by atoms with Crippen molar-refractivity contribution >= 4 is 35.0 Å². The van der Waals surface area contributed by atoms with Gasteiger partial charge in [-0.05, 0) is 36.8 Å². The zero-order chi connectivity index (χ0) is 23.3. The molecule has 0 bridgehead atoms. The first-order valence-corrected chi connectivity index (χ1v) is 10.1. The molecule has 172 valence electrons. The van der Waals surface area contributed by atoms with Gasteiger partial charge in [0.15, 0.2) is 18.1 Å². The van der Waals surface area contributed by atoms with Crippen LogP contribution in [0.5, 0.6) is 17.2 Å². The Morgan fingerprint density at radius 3 is 2.56 bits per heavy atom. The van der Waals surface area contributed by atoms with E-state index in [0.717, 1.165) is 6.07 Å². The van der Waals surface area contributed by atoms with Crippen molar-refractivity contribution in [2.75, 3.05) is 19.7 Å². The highest BCUT2D eigenvalue weighted by molar-refractivity contribution is 6.42. The van der Waals surface area contributed by atoms with Gasteiger partial charge in [-0.25, -0.2) is 0 Å². The van der Waals surface area contributed by atoms with Crippen LogP contribution in [0.3, 0.4) is 0 Å². The number of amides is 2. The molecule has 12 heteroatoms. The average molecular weight is 491 g/mol. The number of aliphatic hydroxyl groups is 1. The first-order chi connectivity index (χ1) is 15.1. The molecule has 3 N–H and O–H groups in total. The topological polar surface area (TPSA) is 106 Å². The maximum Gasteiger partial charge on any atom is 0.586 e. The fourth-order valence-corrected chi connectivity index (χ4v) is 2.93. The molecule has 1 aliphatic rings. The molecule has 8 nitrogen and oxygen atoms in total. The number of hydrogen-bond acceptors (Lipinski definition) is 6. The predicted octanol–water partition coefficient (Wildman–Crippen LogP) is 2.99. The summed E-state index contributed by atoms with van der Waals surface area (Å²) in [6, 6.07) is 8.22. The van der Waals surface area contributed by atoms with Gasteiger partial charge in [0.1, 0.15) is 5.75 Å². The van der Waals surface area contributed by atoms with Gasteiger partial charge in [-0.1, -0.05) is 23.2 Å². The lowest BCUT2D eigenvalue weighted by Crippen LogP contribution is -2.37. The number of fused-ring (bicyclic) bond motifs is 1. The van der Waals surface area contributed by atoms with Crippen LogP contribution in [0.2, 0.25) is 10.0 Å². The van der Waals surface area contributed by atoms with Crippen molar-refractivity contribution in [2.24, 2.45) is 0 Å². The molecular formula is C20H18Cl2F2N2O6. The zero-order valence-corrected chi connectivity index (χ0v) is 17.9. The summed E-state index contributed by atoms with van der Waals surface area (Å²) in [6.07, 6.45) is -4.55. The monoisotopic (exact) mass is 490 g/mol. The first kappa shape index (κ1) is 23.8. The van der Waals surface area contributed by atoms with Gasteiger partial charge in [0.05, 0.1) is 16.1 Å². The van der Waals surface area contributed by atoms with Crippen LogP contribution in [-0.2, 0) is 4.79 Å². The molecule has 0 spiro atoms. The van der Waals surface area contributed by atoms with E-state index in [1.165, 1.54) is 24.3 Å². The molecule has 1 aliphatic heterocycles. The van der Waals surface area contributed by atoms with Crippen molar-refractivity contribution in [1.82, 2.24) is 10.6 Å². The van der Waals surface area contributed by atoms with Crippen LogP contribution in [0.4, 0.5) is 8.78 Å². The van der Waals surface area contributed by atoms with Gasteiger partial charge in [0.25, 0.3) is 11.8 Å². The summed E-state index contributed by atoms with van der Waals surface area (Å²) in [5, 5.41) is 15.7. The van der Waals surface area contributed by atoms with E-state index in [1.807, 2.05) is 0 Å². The maximum absolute atomic E-state index is 13.0. The largest absolute Gasteiger partial charge is 0.586 e. The third kappa shape index (κ3) is 6.59. The number of carbonyl (C=O) groups excluding carboxylic acids is 2. The number of alkyl halides is 2. The lowest BCUT2D eigenvalue weighted by molar-refractivity contribution is -0.286. The number of carbonyl (C=O) groups is 2. The normalized spacial score (nSPS) is 14.5. The summed E-state index contributed by atoms with van der Waals surface area (Å²) in [7, 11) is 0. The van der Waals surface area contributed by atoms with E-state index in [2.05, 4.69) is 20.1 Å². The van der Waals surface area contributed by atoms with Crippen LogP contribution in [0.15, 0.2) is 36.4 Å². The number of hydrogen-bond donors (Lipinski definition) is 3. The number of halogens is 4. The van der Waals surface area contributed by atoms with E-state index in [4.69, 9.17) is 27.9 Å². The molecule has 2 aromatic rings. The quantitative estimate of drug-likeness (QED) is 0.498. The van der Waals surface area contributed by atoms with Gasteiger partial charge in [-0.15, -0.1) is 8.78 Å². The number of ether oxygens (including phenoxy) is 3. The van der Waals surface area contributed by atoms with E-state index < -0.39 is 24.2 Å². The van der Waals surface area contributed by atoms with E-state index in [1.54, 1.807) is 6.07 Å². The molecular weight excluding hydrogens is 473 g/mol. The van der Waals surface area contributed by atoms with Gasteiger partial charge < -0.3 is 30.0 Å². The molecule has 1 heterocycles. The second-order valence-electron chi connectivity index (χ2n) is 6.70. The maximum atomic E-state index is 13.0. The van der Waals surface area contributed by atoms with E-state index in [-0.39, 0.29) is 43.2 Å². The Hall–Kier alpha value is -2.82. The average Bonchev–Trinajstić information content (AvgIpc) is 3.05. The SMILES string of the molecule is O=C(COc1ccc(Cl)c(Cl)c1)NC[C@@H](O)CCNC(=O)c1ccc2c(c1)OC(F)(F)O2. The second-order valence-corrected chi connectivity index (χ2v) is 7.51. The molecule has 0 saturated carbocycles. The van der Waals surface area contributed by atoms with Crippen LogP contribution < -0.4 is 24.8 Å². The Kier molecular flexibility index (Phi) is 7.60. The van der Waals surface area contributed by atoms with Crippen LogP contribution >= 0.6 is 23.2 Å². The van der Waals surface area contributed by atoms with Crippen molar-refractivity contribution in [3.05, 3.63) is 52.0 Å². The van der Waals surface area contributed by atoms with Crippen molar-refractivity contribution in [1.29, 1.82) is 0 Å². The van der Waals surface area contributed by atoms with Gasteiger partial charge >= 0.3 is 6.29 Å². The minimum atomic E-state index is -3.76. The Bertz CT molecular complexity index is 1010. The van der Waals surface area contributed by atoms with Crippen molar-refractivity contribution in [3.8, 4) is 17.2 Å². The fourth-order valence-electron chi connectivity index (χ4n) is 2.64. The summed E-state index contributed by atoms with van der Waals surface area (Å²) in [6.45, 7) is -0.261. The molecule has 0 unspecified atom stereocenters. The zero-order valence-electron chi connectivity index (χ0n) is 16.4. The first-order valence-electron chi connectivity index (χ1n) is 9.33. The Labute approximate surface area is 191 Å². The summed E-state index contributed by atoms with van der Waals surface area (Å²) < 4.78 is 39.9. The van der Waals surface area contributed by atoms with E-state index >= 15 is 0 Å². The predicted molar refractivity (Wildman–Crippen MR) is 111 cm³/mol. The van der Waals surface area contributed by atoms with Crippen LogP contribution in [0, 0.1) is 0 Å². The Morgan fingerprint density at radius 2 is 1.81 bits per heavy atom. The highest BCUT2D eigenvalue weighted by Gasteiger charge is 2.43. The number of rotatable bonds is 9. The minimum Gasteiger partial charge on any atom is -0.484 e. The van der Waals surface area contributed by atoms with Crippen LogP contribution in [0.1, 0.15) is 16.8 Å². The molecule has 0 saturated heterocycles. The van der Waals surface area contributed by atoms with Gasteiger partial charge in [-0.3, -0.25) is 9.59 Å². The van der Waals surface area contributed by atoms with Crippen molar-refractivity contribution in [2.45, 2.75) is 18.8 Å². The minimum absolute atomic E-state index is 0.0570. The molecule has 0 aromatic heterocycles. The van der Waals surface area contributed by atoms with Crippen molar-refractivity contribution in [3.63, 3.8) is 0 Å². The third-order valence-corrected chi connectivity index (χ3v) is 4.96. The number of benzene rings is 2.